The molecule has 180 valence electrons. The van der Waals surface area contributed by atoms with Gasteiger partial charge in [-0.25, -0.2) is 0 Å². The molecule has 1 aromatic heterocycles. The van der Waals surface area contributed by atoms with E-state index in [-0.39, 0.29) is 24.2 Å². The molecule has 0 unspecified atom stereocenters. The summed E-state index contributed by atoms with van der Waals surface area (Å²) in [6.07, 6.45) is -4.64. The van der Waals surface area contributed by atoms with Crippen LogP contribution in [0.2, 0.25) is 0 Å². The fourth-order valence-corrected chi connectivity index (χ4v) is 4.19. The number of nitrogens with zero attached hydrogens (tertiary/aromatic N) is 1. The molecule has 3 nitrogen and oxygen atoms in total. The lowest BCUT2D eigenvalue weighted by Gasteiger charge is -2.20. The van der Waals surface area contributed by atoms with Crippen molar-refractivity contribution in [3.05, 3.63) is 117 Å². The topological polar surface area (TPSA) is 31.2 Å². The van der Waals surface area contributed by atoms with Gasteiger partial charge < -0.3 is 9.30 Å². The fourth-order valence-electron chi connectivity index (χ4n) is 4.19. The van der Waals surface area contributed by atoms with Crippen LogP contribution in [-0.4, -0.2) is 4.57 Å². The molecule has 0 aliphatic carbocycles. The van der Waals surface area contributed by atoms with Gasteiger partial charge in [-0.3, -0.25) is 4.79 Å². The molecule has 0 spiro atoms. The monoisotopic (exact) mass is 477 g/mol. The summed E-state index contributed by atoms with van der Waals surface area (Å²) in [5.41, 5.74) is 1.91. The van der Waals surface area contributed by atoms with E-state index >= 15 is 0 Å². The van der Waals surface area contributed by atoms with Gasteiger partial charge >= 0.3 is 6.18 Å². The van der Waals surface area contributed by atoms with Crippen LogP contribution in [0.1, 0.15) is 34.7 Å². The molecule has 0 N–H and O–H groups in total. The van der Waals surface area contributed by atoms with E-state index < -0.39 is 17.3 Å². The van der Waals surface area contributed by atoms with Crippen LogP contribution in [0.25, 0.3) is 11.3 Å². The number of aromatic nitrogens is 1. The van der Waals surface area contributed by atoms with Gasteiger partial charge in [-0.15, -0.1) is 0 Å². The van der Waals surface area contributed by atoms with Crippen molar-refractivity contribution in [2.45, 2.75) is 39.9 Å². The Labute approximate surface area is 202 Å². The SMILES string of the molecule is CCc1c(C(F)(F)F)cc(-c2ccc(Oc3ccccc3)cc2)n(Cc2ccc(C)cc2C)c1=O. The van der Waals surface area contributed by atoms with Gasteiger partial charge in [0.25, 0.3) is 5.56 Å². The minimum absolute atomic E-state index is 0.00924. The molecule has 0 bridgehead atoms. The Balaban J connectivity index is 1.83. The number of pyridine rings is 1. The summed E-state index contributed by atoms with van der Waals surface area (Å²) in [5, 5.41) is 0. The van der Waals surface area contributed by atoms with E-state index in [0.29, 0.717) is 17.1 Å². The number of para-hydroxylation sites is 1. The van der Waals surface area contributed by atoms with Crippen LogP contribution in [0.4, 0.5) is 13.2 Å². The summed E-state index contributed by atoms with van der Waals surface area (Å²) in [6.45, 7) is 5.66. The van der Waals surface area contributed by atoms with E-state index in [1.165, 1.54) is 4.57 Å². The quantitative estimate of drug-likeness (QED) is 0.287. The molecule has 0 saturated carbocycles. The normalized spacial score (nSPS) is 11.5. The Morgan fingerprint density at radius 2 is 1.51 bits per heavy atom. The molecule has 0 aliphatic heterocycles. The minimum atomic E-state index is -4.63. The van der Waals surface area contributed by atoms with Crippen LogP contribution in [0.3, 0.4) is 0 Å². The first-order valence-corrected chi connectivity index (χ1v) is 11.4. The Bertz CT molecular complexity index is 1390. The molecule has 6 heteroatoms. The molecule has 3 aromatic carbocycles. The van der Waals surface area contributed by atoms with Crippen LogP contribution in [0.15, 0.2) is 83.7 Å². The molecule has 0 fully saturated rings. The third kappa shape index (κ3) is 5.32. The predicted octanol–water partition coefficient (Wildman–Crippen LogP) is 7.55. The second-order valence-electron chi connectivity index (χ2n) is 8.53. The number of hydrogen-bond donors (Lipinski definition) is 0. The van der Waals surface area contributed by atoms with Crippen molar-refractivity contribution in [2.24, 2.45) is 0 Å². The van der Waals surface area contributed by atoms with Crippen molar-refractivity contribution in [3.63, 3.8) is 0 Å². The molecular weight excluding hydrogens is 451 g/mol. The summed E-state index contributed by atoms with van der Waals surface area (Å²) < 4.78 is 49.0. The summed E-state index contributed by atoms with van der Waals surface area (Å²) in [6, 6.07) is 22.9. The van der Waals surface area contributed by atoms with Gasteiger partial charge in [-0.2, -0.15) is 13.2 Å². The number of benzene rings is 3. The van der Waals surface area contributed by atoms with E-state index in [1.54, 1.807) is 31.2 Å². The summed E-state index contributed by atoms with van der Waals surface area (Å²) in [4.78, 5) is 13.4. The van der Waals surface area contributed by atoms with Crippen LogP contribution in [0, 0.1) is 13.8 Å². The first-order valence-electron chi connectivity index (χ1n) is 11.4. The Morgan fingerprint density at radius 1 is 0.857 bits per heavy atom. The zero-order valence-electron chi connectivity index (χ0n) is 19.8. The molecule has 0 atom stereocenters. The van der Waals surface area contributed by atoms with Crippen molar-refractivity contribution in [3.8, 4) is 22.8 Å². The summed E-state index contributed by atoms with van der Waals surface area (Å²) in [7, 11) is 0. The molecule has 4 rings (SSSR count). The maximum absolute atomic E-state index is 13.9. The third-order valence-electron chi connectivity index (χ3n) is 6.01. The number of ether oxygens (including phenoxy) is 1. The standard InChI is InChI=1S/C29H26F3NO2/c1-4-25-26(29(30,31)32)17-27(33(28(25)34)18-22-11-10-19(2)16-20(22)3)21-12-14-24(15-13-21)35-23-8-6-5-7-9-23/h5-17H,4,18H2,1-3H3. The van der Waals surface area contributed by atoms with Crippen LogP contribution in [-0.2, 0) is 19.1 Å². The van der Waals surface area contributed by atoms with Crippen molar-refractivity contribution < 1.29 is 17.9 Å². The second kappa shape index (κ2) is 9.82. The minimum Gasteiger partial charge on any atom is -0.457 e. The van der Waals surface area contributed by atoms with Crippen molar-refractivity contribution in [2.75, 3.05) is 0 Å². The highest BCUT2D eigenvalue weighted by atomic mass is 19.4. The summed E-state index contributed by atoms with van der Waals surface area (Å²) >= 11 is 0. The molecule has 1 heterocycles. The zero-order valence-corrected chi connectivity index (χ0v) is 19.8. The van der Waals surface area contributed by atoms with Gasteiger partial charge in [0.2, 0.25) is 0 Å². The number of halogens is 3. The first kappa shape index (κ1) is 24.3. The van der Waals surface area contributed by atoms with Gasteiger partial charge in [-0.05, 0) is 79.4 Å². The van der Waals surface area contributed by atoms with E-state index in [1.807, 2.05) is 62.4 Å². The molecule has 0 amide bonds. The predicted molar refractivity (Wildman–Crippen MR) is 132 cm³/mol. The Morgan fingerprint density at radius 3 is 2.11 bits per heavy atom. The van der Waals surface area contributed by atoms with Gasteiger partial charge in [0, 0.05) is 5.56 Å². The number of aryl methyl sites for hydroxylation is 2. The molecule has 35 heavy (non-hydrogen) atoms. The lowest BCUT2D eigenvalue weighted by atomic mass is 10.0. The summed E-state index contributed by atoms with van der Waals surface area (Å²) in [5.74, 6) is 1.20. The maximum Gasteiger partial charge on any atom is 0.416 e. The van der Waals surface area contributed by atoms with Gasteiger partial charge in [-0.1, -0.05) is 48.9 Å². The van der Waals surface area contributed by atoms with E-state index in [0.717, 1.165) is 22.8 Å². The van der Waals surface area contributed by atoms with Crippen molar-refractivity contribution in [1.29, 1.82) is 0 Å². The highest BCUT2D eigenvalue weighted by molar-refractivity contribution is 5.63. The number of alkyl halides is 3. The van der Waals surface area contributed by atoms with E-state index in [2.05, 4.69) is 0 Å². The lowest BCUT2D eigenvalue weighted by molar-refractivity contribution is -0.138. The molecule has 4 aromatic rings. The van der Waals surface area contributed by atoms with Gasteiger partial charge in [0.15, 0.2) is 0 Å². The lowest BCUT2D eigenvalue weighted by Crippen LogP contribution is -2.29. The third-order valence-corrected chi connectivity index (χ3v) is 6.01. The van der Waals surface area contributed by atoms with Gasteiger partial charge in [0.05, 0.1) is 17.8 Å². The molecule has 0 saturated heterocycles. The largest absolute Gasteiger partial charge is 0.457 e. The van der Waals surface area contributed by atoms with Crippen LogP contribution < -0.4 is 10.3 Å². The second-order valence-corrected chi connectivity index (χ2v) is 8.53. The van der Waals surface area contributed by atoms with Crippen LogP contribution in [0.5, 0.6) is 11.5 Å². The molecular formula is C29H26F3NO2. The number of hydrogen-bond acceptors (Lipinski definition) is 2. The van der Waals surface area contributed by atoms with Gasteiger partial charge in [0.1, 0.15) is 11.5 Å². The fraction of sp³-hybridized carbons (Fsp3) is 0.207. The molecule has 0 aliphatic rings. The average Bonchev–Trinajstić information content (AvgIpc) is 2.82. The molecule has 0 radical (unpaired) electrons. The van der Waals surface area contributed by atoms with Crippen LogP contribution >= 0.6 is 0 Å². The Kier molecular flexibility index (Phi) is 6.83. The maximum atomic E-state index is 13.9. The average molecular weight is 478 g/mol. The first-order chi connectivity index (χ1) is 16.7. The number of rotatable bonds is 6. The van der Waals surface area contributed by atoms with Crippen molar-refractivity contribution in [1.82, 2.24) is 4.57 Å². The van der Waals surface area contributed by atoms with E-state index in [9.17, 15) is 18.0 Å². The van der Waals surface area contributed by atoms with E-state index in [4.69, 9.17) is 4.74 Å². The Hall–Kier alpha value is -3.80. The zero-order chi connectivity index (χ0) is 25.2. The van der Waals surface area contributed by atoms with Crippen molar-refractivity contribution >= 4 is 0 Å². The highest BCUT2D eigenvalue weighted by Gasteiger charge is 2.35. The highest BCUT2D eigenvalue weighted by Crippen LogP contribution is 2.35. The smallest absolute Gasteiger partial charge is 0.416 e.